The first kappa shape index (κ1) is 45.4. The van der Waals surface area contributed by atoms with Gasteiger partial charge in [-0.2, -0.15) is 0 Å². The Hall–Kier alpha value is -6.78. The molecule has 71 heavy (non-hydrogen) atoms. The van der Waals surface area contributed by atoms with Gasteiger partial charge in [-0.1, -0.05) is 181 Å². The van der Waals surface area contributed by atoms with Gasteiger partial charge in [0.2, 0.25) is 6.71 Å². The van der Waals surface area contributed by atoms with Crippen molar-refractivity contribution in [2.24, 2.45) is 0 Å². The van der Waals surface area contributed by atoms with E-state index in [4.69, 9.17) is 0 Å². The zero-order valence-electron chi connectivity index (χ0n) is 44.4. The van der Waals surface area contributed by atoms with Crippen molar-refractivity contribution in [3.8, 4) is 11.4 Å². The zero-order valence-corrected chi connectivity index (χ0v) is 44.4. The first-order chi connectivity index (χ1) is 33.5. The number of anilines is 3. The molecule has 0 saturated carbocycles. The first-order valence-corrected chi connectivity index (χ1v) is 26.0. The highest BCUT2D eigenvalue weighted by molar-refractivity contribution is 6.99. The third kappa shape index (κ3) is 6.91. The molecule has 10 aromatic rings. The molecular formula is C67H68BN3. The fraction of sp³-hybridized carbons (Fsp3) is 0.284. The van der Waals surface area contributed by atoms with Crippen LogP contribution in [-0.2, 0) is 27.1 Å². The molecule has 0 spiro atoms. The van der Waals surface area contributed by atoms with Gasteiger partial charge in [0.05, 0.1) is 22.1 Å². The van der Waals surface area contributed by atoms with Crippen LogP contribution in [0.2, 0.25) is 0 Å². The van der Waals surface area contributed by atoms with E-state index in [1.165, 1.54) is 122 Å². The van der Waals surface area contributed by atoms with E-state index in [9.17, 15) is 0 Å². The molecule has 3 nitrogen and oxygen atoms in total. The lowest BCUT2D eigenvalue weighted by atomic mass is 9.30. The summed E-state index contributed by atoms with van der Waals surface area (Å²) in [6.45, 7) is 32.9. The summed E-state index contributed by atoms with van der Waals surface area (Å²) in [6.07, 6.45) is 0. The minimum absolute atomic E-state index is 0.0176. The second-order valence-corrected chi connectivity index (χ2v) is 25.6. The number of hydrogen-bond donors (Lipinski definition) is 0. The van der Waals surface area contributed by atoms with Crippen molar-refractivity contribution in [1.29, 1.82) is 0 Å². The van der Waals surface area contributed by atoms with Crippen LogP contribution in [0.15, 0.2) is 158 Å². The Kier molecular flexibility index (Phi) is 9.66. The second kappa shape index (κ2) is 15.1. The highest BCUT2D eigenvalue weighted by Crippen LogP contribution is 2.48. The van der Waals surface area contributed by atoms with Crippen LogP contribution >= 0.6 is 0 Å². The third-order valence-corrected chi connectivity index (χ3v) is 16.4. The second-order valence-electron chi connectivity index (χ2n) is 25.6. The van der Waals surface area contributed by atoms with Crippen molar-refractivity contribution >= 4 is 83.8 Å². The van der Waals surface area contributed by atoms with Crippen LogP contribution in [0.25, 0.3) is 55.0 Å². The Balaban J connectivity index is 1.25. The van der Waals surface area contributed by atoms with Crippen LogP contribution in [0, 0.1) is 0 Å². The predicted octanol–water partition coefficient (Wildman–Crippen LogP) is 16.0. The molecule has 0 atom stereocenters. The number of aromatic nitrogens is 2. The van der Waals surface area contributed by atoms with E-state index in [2.05, 4.69) is 269 Å². The summed E-state index contributed by atoms with van der Waals surface area (Å²) >= 11 is 0. The summed E-state index contributed by atoms with van der Waals surface area (Å²) in [6, 6.07) is 61.5. The van der Waals surface area contributed by atoms with Crippen molar-refractivity contribution in [2.45, 2.75) is 124 Å². The van der Waals surface area contributed by atoms with Crippen molar-refractivity contribution in [3.63, 3.8) is 0 Å². The largest absolute Gasteiger partial charge is 0.311 e. The van der Waals surface area contributed by atoms with Crippen LogP contribution < -0.4 is 21.3 Å². The molecule has 4 heteroatoms. The molecule has 0 radical (unpaired) electrons. The molecule has 0 bridgehead atoms. The topological polar surface area (TPSA) is 13.1 Å². The maximum atomic E-state index is 2.64. The number of nitrogens with zero attached hydrogens (tertiary/aromatic N) is 3. The Bertz CT molecular complexity index is 3800. The number of fused-ring (bicyclic) bond motifs is 10. The molecule has 0 unspecified atom stereocenters. The highest BCUT2D eigenvalue weighted by Gasteiger charge is 2.47. The van der Waals surface area contributed by atoms with Gasteiger partial charge in [-0.3, -0.25) is 0 Å². The predicted molar refractivity (Wildman–Crippen MR) is 308 cm³/mol. The van der Waals surface area contributed by atoms with E-state index in [0.29, 0.717) is 0 Å². The van der Waals surface area contributed by atoms with E-state index < -0.39 is 0 Å². The van der Waals surface area contributed by atoms with E-state index in [1.807, 2.05) is 0 Å². The third-order valence-electron chi connectivity index (χ3n) is 16.4. The summed E-state index contributed by atoms with van der Waals surface area (Å²) < 4.78 is 5.04. The van der Waals surface area contributed by atoms with Crippen LogP contribution in [-0.4, -0.2) is 15.8 Å². The van der Waals surface area contributed by atoms with Gasteiger partial charge in [-0.15, -0.1) is 0 Å². The number of benzene rings is 8. The van der Waals surface area contributed by atoms with Gasteiger partial charge in [-0.25, -0.2) is 0 Å². The van der Waals surface area contributed by atoms with Gasteiger partial charge in [0.1, 0.15) is 0 Å². The van der Waals surface area contributed by atoms with Gasteiger partial charge in [0, 0.05) is 55.4 Å². The van der Waals surface area contributed by atoms with Crippen molar-refractivity contribution in [2.75, 3.05) is 4.90 Å². The monoisotopic (exact) mass is 926 g/mol. The Morgan fingerprint density at radius 3 is 1.48 bits per heavy atom. The molecule has 0 amide bonds. The lowest BCUT2D eigenvalue weighted by Gasteiger charge is -2.46. The van der Waals surface area contributed by atoms with Crippen LogP contribution in [0.4, 0.5) is 17.1 Å². The highest BCUT2D eigenvalue weighted by atomic mass is 15.2. The Morgan fingerprint density at radius 2 is 0.859 bits per heavy atom. The average Bonchev–Trinajstić information content (AvgIpc) is 3.82. The van der Waals surface area contributed by atoms with Crippen molar-refractivity contribution < 1.29 is 0 Å². The minimum atomic E-state index is -0.304. The fourth-order valence-corrected chi connectivity index (χ4v) is 12.2. The van der Waals surface area contributed by atoms with Crippen molar-refractivity contribution in [3.05, 3.63) is 191 Å². The lowest BCUT2D eigenvalue weighted by Crippen LogP contribution is -2.64. The minimum Gasteiger partial charge on any atom is -0.311 e. The standard InChI is InChI=1S/C67H68BN3/c1-63(2,3)41-24-29-46(30-25-41)70-57-33-28-43(65(7,8)9)34-49(57)51-38-55-60(40-59(51)70)71(47-31-26-42(27-32-47)64(4,5)6)61-36-44(66(10,11)12)35-53-62(61)68(55)54-39-58-50(37-52(54)67(53,13)14)48-22-18-19-23-56(48)69(58)45-20-16-15-17-21-45/h15-40H,1-14H3. The SMILES string of the molecule is CC(C)(C)c1ccc(N2c3cc4c(cc3B3c5cc6c(cc5C(C)(C)c5cc(C(C)(C)C)cc2c53)c2ccccc2n6-c2ccccc2)c2cc(C(C)(C)C)ccc2n4-c2ccc(C(C)(C)C)cc2)cc1. The molecule has 4 heterocycles. The van der Waals surface area contributed by atoms with E-state index in [-0.39, 0.29) is 33.8 Å². The fourth-order valence-electron chi connectivity index (χ4n) is 12.2. The van der Waals surface area contributed by atoms with Gasteiger partial charge < -0.3 is 14.0 Å². The molecule has 0 fully saturated rings. The van der Waals surface area contributed by atoms with Crippen molar-refractivity contribution in [1.82, 2.24) is 9.13 Å². The number of hydrogen-bond acceptors (Lipinski definition) is 1. The summed E-state index contributed by atoms with van der Waals surface area (Å²) in [4.78, 5) is 2.64. The quantitative estimate of drug-likeness (QED) is 0.161. The van der Waals surface area contributed by atoms with E-state index in [1.54, 1.807) is 0 Å². The maximum absolute atomic E-state index is 2.64. The molecule has 0 saturated heterocycles. The van der Waals surface area contributed by atoms with Crippen LogP contribution in [0.3, 0.4) is 0 Å². The molecule has 0 aliphatic carbocycles. The summed E-state index contributed by atoms with van der Waals surface area (Å²) in [7, 11) is 0. The molecule has 354 valence electrons. The van der Waals surface area contributed by atoms with Gasteiger partial charge in [-0.05, 0) is 145 Å². The Labute approximate surface area is 422 Å². The van der Waals surface area contributed by atoms with Crippen LogP contribution in [0.5, 0.6) is 0 Å². The van der Waals surface area contributed by atoms with E-state index in [0.717, 1.165) is 0 Å². The molecule has 0 N–H and O–H groups in total. The molecule has 2 aliphatic rings. The molecule has 12 rings (SSSR count). The van der Waals surface area contributed by atoms with Gasteiger partial charge in [0.25, 0.3) is 0 Å². The Morgan fingerprint density at radius 1 is 0.352 bits per heavy atom. The smallest absolute Gasteiger partial charge is 0.247 e. The van der Waals surface area contributed by atoms with Crippen LogP contribution in [0.1, 0.15) is 130 Å². The van der Waals surface area contributed by atoms with Gasteiger partial charge >= 0.3 is 0 Å². The number of para-hydroxylation sites is 2. The summed E-state index contributed by atoms with van der Waals surface area (Å²) in [5, 5.41) is 5.17. The molecule has 2 aromatic heterocycles. The normalized spacial score (nSPS) is 14.7. The van der Waals surface area contributed by atoms with Gasteiger partial charge in [0.15, 0.2) is 0 Å². The average molecular weight is 926 g/mol. The molecular weight excluding hydrogens is 858 g/mol. The molecule has 8 aromatic carbocycles. The maximum Gasteiger partial charge on any atom is 0.247 e. The summed E-state index contributed by atoms with van der Waals surface area (Å²) in [5.74, 6) is 0. The zero-order chi connectivity index (χ0) is 49.9. The number of rotatable bonds is 3. The summed E-state index contributed by atoms with van der Waals surface area (Å²) in [5.41, 5.74) is 23.0. The lowest BCUT2D eigenvalue weighted by molar-refractivity contribution is 0.583. The first-order valence-electron chi connectivity index (χ1n) is 26.0. The van der Waals surface area contributed by atoms with E-state index >= 15 is 0 Å². The molecule has 2 aliphatic heterocycles.